The van der Waals surface area contributed by atoms with Crippen LogP contribution in [0.15, 0.2) is 18.2 Å². The number of amides is 1. The number of fused-ring (bicyclic) bond motifs is 1. The van der Waals surface area contributed by atoms with Gasteiger partial charge in [-0.1, -0.05) is 0 Å². The summed E-state index contributed by atoms with van der Waals surface area (Å²) in [6.45, 7) is 1.56. The number of carbonyl (C=O) groups excluding carboxylic acids is 1. The van der Waals surface area contributed by atoms with Crippen molar-refractivity contribution in [2.24, 2.45) is 0 Å². The second-order valence-corrected chi connectivity index (χ2v) is 4.06. The summed E-state index contributed by atoms with van der Waals surface area (Å²) >= 11 is 0. The van der Waals surface area contributed by atoms with Crippen molar-refractivity contribution in [1.82, 2.24) is 5.32 Å². The molecule has 0 bridgehead atoms. The fourth-order valence-corrected chi connectivity index (χ4v) is 1.51. The molecular weight excluding hydrogens is 252 g/mol. The molecule has 7 nitrogen and oxygen atoms in total. The lowest BCUT2D eigenvalue weighted by Crippen LogP contribution is -2.39. The normalized spacial score (nSPS) is 13.9. The second-order valence-electron chi connectivity index (χ2n) is 4.06. The summed E-state index contributed by atoms with van der Waals surface area (Å²) in [5.74, 6) is -0.122. The number of carboxylic acids is 1. The SMILES string of the molecule is C[C@H](NCC(=O)Nc1ccc2c(c1)OCO2)C(=O)O. The van der Waals surface area contributed by atoms with Crippen molar-refractivity contribution in [2.75, 3.05) is 18.7 Å². The number of rotatable bonds is 5. The monoisotopic (exact) mass is 266 g/mol. The Morgan fingerprint density at radius 1 is 1.37 bits per heavy atom. The van der Waals surface area contributed by atoms with Crippen molar-refractivity contribution < 1.29 is 24.2 Å². The highest BCUT2D eigenvalue weighted by molar-refractivity contribution is 5.93. The van der Waals surface area contributed by atoms with Gasteiger partial charge in [0.1, 0.15) is 6.04 Å². The largest absolute Gasteiger partial charge is 0.480 e. The number of benzene rings is 1. The Bertz CT molecular complexity index is 503. The Morgan fingerprint density at radius 3 is 2.84 bits per heavy atom. The molecule has 1 aliphatic rings. The zero-order valence-electron chi connectivity index (χ0n) is 10.3. The average molecular weight is 266 g/mol. The maximum Gasteiger partial charge on any atom is 0.320 e. The van der Waals surface area contributed by atoms with E-state index in [4.69, 9.17) is 14.6 Å². The number of ether oxygens (including phenoxy) is 2. The number of nitrogens with one attached hydrogen (secondary N) is 2. The maximum absolute atomic E-state index is 11.6. The summed E-state index contributed by atoms with van der Waals surface area (Å²) in [5.41, 5.74) is 0.569. The van der Waals surface area contributed by atoms with E-state index in [1.807, 2.05) is 0 Å². The van der Waals surface area contributed by atoms with Crippen LogP contribution in [-0.2, 0) is 9.59 Å². The zero-order valence-corrected chi connectivity index (χ0v) is 10.3. The first kappa shape index (κ1) is 13.2. The molecule has 0 spiro atoms. The third kappa shape index (κ3) is 3.35. The molecule has 0 radical (unpaired) electrons. The van der Waals surface area contributed by atoms with Crippen LogP contribution in [0.25, 0.3) is 0 Å². The van der Waals surface area contributed by atoms with Gasteiger partial charge in [0.25, 0.3) is 0 Å². The lowest BCUT2D eigenvalue weighted by Gasteiger charge is -2.09. The Labute approximate surface area is 109 Å². The first-order valence-electron chi connectivity index (χ1n) is 5.72. The number of anilines is 1. The average Bonchev–Trinajstić information content (AvgIpc) is 2.83. The molecule has 1 heterocycles. The number of carbonyl (C=O) groups is 2. The van der Waals surface area contributed by atoms with Gasteiger partial charge in [0.2, 0.25) is 12.7 Å². The molecule has 0 saturated heterocycles. The van der Waals surface area contributed by atoms with E-state index in [0.29, 0.717) is 17.2 Å². The highest BCUT2D eigenvalue weighted by Gasteiger charge is 2.15. The maximum atomic E-state index is 11.6. The summed E-state index contributed by atoms with van der Waals surface area (Å²) in [6, 6.07) is 4.26. The van der Waals surface area contributed by atoms with Gasteiger partial charge in [0, 0.05) is 11.8 Å². The van der Waals surface area contributed by atoms with Gasteiger partial charge in [-0.3, -0.25) is 14.9 Å². The summed E-state index contributed by atoms with van der Waals surface area (Å²) in [5, 5.41) is 13.9. The van der Waals surface area contributed by atoms with Crippen molar-refractivity contribution in [3.05, 3.63) is 18.2 Å². The zero-order chi connectivity index (χ0) is 13.8. The van der Waals surface area contributed by atoms with Gasteiger partial charge < -0.3 is 19.9 Å². The molecule has 1 atom stereocenters. The van der Waals surface area contributed by atoms with E-state index in [0.717, 1.165) is 0 Å². The smallest absolute Gasteiger partial charge is 0.320 e. The third-order valence-corrected chi connectivity index (χ3v) is 2.60. The predicted molar refractivity (Wildman–Crippen MR) is 66.3 cm³/mol. The highest BCUT2D eigenvalue weighted by atomic mass is 16.7. The van der Waals surface area contributed by atoms with E-state index in [1.54, 1.807) is 18.2 Å². The van der Waals surface area contributed by atoms with Crippen LogP contribution in [0.3, 0.4) is 0 Å². The minimum atomic E-state index is -1.00. The van der Waals surface area contributed by atoms with Crippen LogP contribution in [0, 0.1) is 0 Å². The van der Waals surface area contributed by atoms with Crippen LogP contribution in [0.4, 0.5) is 5.69 Å². The van der Waals surface area contributed by atoms with E-state index in [9.17, 15) is 9.59 Å². The van der Waals surface area contributed by atoms with Crippen molar-refractivity contribution >= 4 is 17.6 Å². The molecule has 0 aliphatic carbocycles. The Hall–Kier alpha value is -2.28. The number of aliphatic carboxylic acids is 1. The van der Waals surface area contributed by atoms with Crippen LogP contribution in [-0.4, -0.2) is 36.4 Å². The lowest BCUT2D eigenvalue weighted by molar-refractivity contribution is -0.139. The van der Waals surface area contributed by atoms with Crippen molar-refractivity contribution in [2.45, 2.75) is 13.0 Å². The molecule has 1 aliphatic heterocycles. The molecule has 1 aromatic rings. The van der Waals surface area contributed by atoms with E-state index in [-0.39, 0.29) is 19.2 Å². The van der Waals surface area contributed by atoms with Gasteiger partial charge in [0.15, 0.2) is 11.5 Å². The molecular formula is C12H14N2O5. The molecule has 102 valence electrons. The van der Waals surface area contributed by atoms with Crippen LogP contribution >= 0.6 is 0 Å². The van der Waals surface area contributed by atoms with Crippen molar-refractivity contribution in [1.29, 1.82) is 0 Å². The van der Waals surface area contributed by atoms with Gasteiger partial charge in [-0.25, -0.2) is 0 Å². The minimum Gasteiger partial charge on any atom is -0.480 e. The predicted octanol–water partition coefficient (Wildman–Crippen LogP) is 0.416. The van der Waals surface area contributed by atoms with E-state index < -0.39 is 12.0 Å². The number of carboxylic acid groups (broad SMARTS) is 1. The second kappa shape index (κ2) is 5.57. The molecule has 0 fully saturated rings. The van der Waals surface area contributed by atoms with Gasteiger partial charge >= 0.3 is 5.97 Å². The molecule has 1 amide bonds. The van der Waals surface area contributed by atoms with Gasteiger partial charge in [-0.05, 0) is 19.1 Å². The molecule has 19 heavy (non-hydrogen) atoms. The summed E-state index contributed by atoms with van der Waals surface area (Å²) in [7, 11) is 0. The van der Waals surface area contributed by atoms with Crippen LogP contribution in [0.2, 0.25) is 0 Å². The Balaban J connectivity index is 1.87. The van der Waals surface area contributed by atoms with E-state index >= 15 is 0 Å². The Kier molecular flexibility index (Phi) is 3.86. The van der Waals surface area contributed by atoms with Crippen LogP contribution < -0.4 is 20.1 Å². The first-order chi connectivity index (χ1) is 9.06. The highest BCUT2D eigenvalue weighted by Crippen LogP contribution is 2.34. The molecule has 2 rings (SSSR count). The van der Waals surface area contributed by atoms with E-state index in [2.05, 4.69) is 10.6 Å². The van der Waals surface area contributed by atoms with Crippen LogP contribution in [0.1, 0.15) is 6.92 Å². The molecule has 7 heteroatoms. The molecule has 0 saturated carbocycles. The molecule has 0 unspecified atom stereocenters. The van der Waals surface area contributed by atoms with Crippen molar-refractivity contribution in [3.63, 3.8) is 0 Å². The lowest BCUT2D eigenvalue weighted by atomic mass is 10.2. The summed E-state index contributed by atoms with van der Waals surface area (Å²) < 4.78 is 10.3. The fraction of sp³-hybridized carbons (Fsp3) is 0.333. The van der Waals surface area contributed by atoms with Crippen LogP contribution in [0.5, 0.6) is 11.5 Å². The van der Waals surface area contributed by atoms with Gasteiger partial charge in [-0.15, -0.1) is 0 Å². The standard InChI is InChI=1S/C12H14N2O5/c1-7(12(16)17)13-5-11(15)14-8-2-3-9-10(4-8)19-6-18-9/h2-4,7,13H,5-6H2,1H3,(H,14,15)(H,16,17)/t7-/m0/s1. The van der Waals surface area contributed by atoms with Gasteiger partial charge in [0.05, 0.1) is 6.54 Å². The molecule has 1 aromatic carbocycles. The summed E-state index contributed by atoms with van der Waals surface area (Å²) in [4.78, 5) is 22.2. The number of hydrogen-bond acceptors (Lipinski definition) is 5. The quantitative estimate of drug-likeness (QED) is 0.714. The third-order valence-electron chi connectivity index (χ3n) is 2.60. The molecule has 3 N–H and O–H groups in total. The fourth-order valence-electron chi connectivity index (χ4n) is 1.51. The minimum absolute atomic E-state index is 0.0814. The topological polar surface area (TPSA) is 96.9 Å². The van der Waals surface area contributed by atoms with Gasteiger partial charge in [-0.2, -0.15) is 0 Å². The number of hydrogen-bond donors (Lipinski definition) is 3. The van der Waals surface area contributed by atoms with E-state index in [1.165, 1.54) is 6.92 Å². The van der Waals surface area contributed by atoms with Crippen molar-refractivity contribution in [3.8, 4) is 11.5 Å². The molecule has 0 aromatic heterocycles. The summed E-state index contributed by atoms with van der Waals surface area (Å²) in [6.07, 6.45) is 0. The Morgan fingerprint density at radius 2 is 2.11 bits per heavy atom. The first-order valence-corrected chi connectivity index (χ1v) is 5.72.